The number of rotatable bonds is 3. The van der Waals surface area contributed by atoms with Gasteiger partial charge in [0.15, 0.2) is 0 Å². The molecule has 2 N–H and O–H groups in total. The van der Waals surface area contributed by atoms with Gasteiger partial charge in [-0.15, -0.1) is 0 Å². The molecule has 1 aromatic carbocycles. The SMILES string of the molecule is CC(C)c1coc2ccc(C(=O)N[C@@H]3C[C@H]4CC[C@@H]3N4)cc12. The highest BCUT2D eigenvalue weighted by atomic mass is 16.3. The molecule has 0 aliphatic carbocycles. The molecule has 1 aromatic heterocycles. The van der Waals surface area contributed by atoms with Crippen molar-refractivity contribution in [3.05, 3.63) is 35.6 Å². The predicted octanol–water partition coefficient (Wildman–Crippen LogP) is 3.18. The maximum absolute atomic E-state index is 12.6. The largest absolute Gasteiger partial charge is 0.464 e. The van der Waals surface area contributed by atoms with Gasteiger partial charge in [-0.1, -0.05) is 13.8 Å². The first kappa shape index (κ1) is 13.8. The van der Waals surface area contributed by atoms with E-state index in [9.17, 15) is 4.79 Å². The average Bonchev–Trinajstić information content (AvgIpc) is 3.20. The second kappa shape index (κ2) is 5.13. The van der Waals surface area contributed by atoms with Crippen LogP contribution in [0, 0.1) is 0 Å². The molecule has 0 unspecified atom stereocenters. The van der Waals surface area contributed by atoms with Gasteiger partial charge >= 0.3 is 0 Å². The van der Waals surface area contributed by atoms with Crippen LogP contribution in [0.1, 0.15) is 54.9 Å². The van der Waals surface area contributed by atoms with Crippen LogP contribution in [0.5, 0.6) is 0 Å². The molecule has 2 aliphatic rings. The van der Waals surface area contributed by atoms with Crippen LogP contribution in [0.2, 0.25) is 0 Å². The van der Waals surface area contributed by atoms with Gasteiger partial charge in [0.1, 0.15) is 5.58 Å². The van der Waals surface area contributed by atoms with Crippen molar-refractivity contribution in [3.63, 3.8) is 0 Å². The van der Waals surface area contributed by atoms with Gasteiger partial charge < -0.3 is 15.1 Å². The van der Waals surface area contributed by atoms with E-state index in [1.165, 1.54) is 12.8 Å². The molecule has 116 valence electrons. The zero-order chi connectivity index (χ0) is 15.3. The topological polar surface area (TPSA) is 54.3 Å². The quantitative estimate of drug-likeness (QED) is 0.915. The van der Waals surface area contributed by atoms with Gasteiger partial charge in [-0.25, -0.2) is 0 Å². The Bertz CT molecular complexity index is 719. The van der Waals surface area contributed by atoms with Crippen molar-refractivity contribution < 1.29 is 9.21 Å². The summed E-state index contributed by atoms with van der Waals surface area (Å²) < 4.78 is 5.58. The van der Waals surface area contributed by atoms with Crippen LogP contribution in [-0.2, 0) is 0 Å². The maximum atomic E-state index is 12.6. The minimum absolute atomic E-state index is 0.0251. The maximum Gasteiger partial charge on any atom is 0.251 e. The van der Waals surface area contributed by atoms with Crippen molar-refractivity contribution in [2.45, 2.75) is 57.2 Å². The molecule has 0 spiro atoms. The van der Waals surface area contributed by atoms with E-state index in [1.54, 1.807) is 6.26 Å². The minimum Gasteiger partial charge on any atom is -0.464 e. The average molecular weight is 298 g/mol. The summed E-state index contributed by atoms with van der Waals surface area (Å²) in [5.41, 5.74) is 2.73. The molecule has 1 amide bonds. The van der Waals surface area contributed by atoms with Gasteiger partial charge in [-0.05, 0) is 43.4 Å². The van der Waals surface area contributed by atoms with E-state index >= 15 is 0 Å². The Balaban J connectivity index is 1.57. The number of fused-ring (bicyclic) bond motifs is 3. The van der Waals surface area contributed by atoms with Crippen LogP contribution in [0.25, 0.3) is 11.0 Å². The molecule has 0 saturated carbocycles. The molecule has 3 heterocycles. The molecule has 3 atom stereocenters. The van der Waals surface area contributed by atoms with Crippen LogP contribution in [-0.4, -0.2) is 24.0 Å². The van der Waals surface area contributed by atoms with Crippen LogP contribution < -0.4 is 10.6 Å². The molecule has 0 radical (unpaired) electrons. The van der Waals surface area contributed by atoms with E-state index in [4.69, 9.17) is 4.42 Å². The van der Waals surface area contributed by atoms with Gasteiger partial charge in [-0.3, -0.25) is 4.79 Å². The Labute approximate surface area is 130 Å². The highest BCUT2D eigenvalue weighted by Crippen LogP contribution is 2.30. The summed E-state index contributed by atoms with van der Waals surface area (Å²) >= 11 is 0. The summed E-state index contributed by atoms with van der Waals surface area (Å²) in [6, 6.07) is 7.04. The van der Waals surface area contributed by atoms with E-state index in [-0.39, 0.29) is 11.9 Å². The molecule has 2 fully saturated rings. The zero-order valence-corrected chi connectivity index (χ0v) is 13.1. The fraction of sp³-hybridized carbons (Fsp3) is 0.500. The molecular formula is C18H22N2O2. The Hall–Kier alpha value is -1.81. The Morgan fingerprint density at radius 1 is 1.36 bits per heavy atom. The summed E-state index contributed by atoms with van der Waals surface area (Å²) in [5.74, 6) is 0.409. The number of hydrogen-bond donors (Lipinski definition) is 2. The fourth-order valence-corrected chi connectivity index (χ4v) is 3.87. The Kier molecular flexibility index (Phi) is 3.22. The van der Waals surface area contributed by atoms with Crippen molar-refractivity contribution in [2.75, 3.05) is 0 Å². The second-order valence-corrected chi connectivity index (χ2v) is 6.92. The number of furan rings is 1. The first-order valence-electron chi connectivity index (χ1n) is 8.20. The van der Waals surface area contributed by atoms with Gasteiger partial charge in [0.05, 0.1) is 6.26 Å². The molecule has 4 rings (SSSR count). The van der Waals surface area contributed by atoms with E-state index in [1.807, 2.05) is 18.2 Å². The lowest BCUT2D eigenvalue weighted by molar-refractivity contribution is 0.0931. The van der Waals surface area contributed by atoms with Crippen molar-refractivity contribution >= 4 is 16.9 Å². The molecule has 2 aliphatic heterocycles. The molecule has 2 aromatic rings. The van der Waals surface area contributed by atoms with Crippen LogP contribution in [0.4, 0.5) is 0 Å². The van der Waals surface area contributed by atoms with Crippen molar-refractivity contribution in [1.29, 1.82) is 0 Å². The Morgan fingerprint density at radius 3 is 2.91 bits per heavy atom. The van der Waals surface area contributed by atoms with Crippen LogP contribution >= 0.6 is 0 Å². The van der Waals surface area contributed by atoms with Crippen molar-refractivity contribution in [2.24, 2.45) is 0 Å². The molecule has 2 bridgehead atoms. The summed E-state index contributed by atoms with van der Waals surface area (Å²) in [6.45, 7) is 4.27. The summed E-state index contributed by atoms with van der Waals surface area (Å²) in [5, 5.41) is 7.80. The lowest BCUT2D eigenvalue weighted by Gasteiger charge is -2.21. The van der Waals surface area contributed by atoms with E-state index in [0.717, 1.165) is 28.5 Å². The molecule has 4 nitrogen and oxygen atoms in total. The summed E-state index contributed by atoms with van der Waals surface area (Å²) in [6.07, 6.45) is 5.28. The number of carbonyl (C=O) groups excluding carboxylic acids is 1. The summed E-state index contributed by atoms with van der Waals surface area (Å²) in [4.78, 5) is 12.6. The number of amides is 1. The van der Waals surface area contributed by atoms with Gasteiger partial charge in [0.25, 0.3) is 5.91 Å². The molecule has 2 saturated heterocycles. The molecule has 4 heteroatoms. The summed E-state index contributed by atoms with van der Waals surface area (Å²) in [7, 11) is 0. The highest BCUT2D eigenvalue weighted by Gasteiger charge is 2.39. The fourth-order valence-electron chi connectivity index (χ4n) is 3.87. The third-order valence-electron chi connectivity index (χ3n) is 5.10. The lowest BCUT2D eigenvalue weighted by Crippen LogP contribution is -2.42. The van der Waals surface area contributed by atoms with Crippen LogP contribution in [0.15, 0.2) is 28.9 Å². The van der Waals surface area contributed by atoms with Gasteiger partial charge in [-0.2, -0.15) is 0 Å². The molecule has 22 heavy (non-hydrogen) atoms. The van der Waals surface area contributed by atoms with E-state index in [2.05, 4.69) is 24.5 Å². The number of carbonyl (C=O) groups is 1. The number of nitrogens with one attached hydrogen (secondary N) is 2. The third-order valence-corrected chi connectivity index (χ3v) is 5.10. The monoisotopic (exact) mass is 298 g/mol. The zero-order valence-electron chi connectivity index (χ0n) is 13.1. The number of hydrogen-bond acceptors (Lipinski definition) is 3. The third kappa shape index (κ3) is 2.22. The highest BCUT2D eigenvalue weighted by molar-refractivity contribution is 5.98. The van der Waals surface area contributed by atoms with Gasteiger partial charge in [0, 0.05) is 34.6 Å². The molecular weight excluding hydrogens is 276 g/mol. The standard InChI is InChI=1S/C18H22N2O2/c1-10(2)14-9-22-17-6-3-11(7-13(14)17)18(21)20-16-8-12-4-5-15(16)19-12/h3,6-7,9-10,12,15-16,19H,4-5,8H2,1-2H3,(H,20,21)/t12-,15+,16-/m1/s1. The van der Waals surface area contributed by atoms with Crippen LogP contribution in [0.3, 0.4) is 0 Å². The van der Waals surface area contributed by atoms with E-state index < -0.39 is 0 Å². The minimum atomic E-state index is 0.0251. The number of benzene rings is 1. The second-order valence-electron chi connectivity index (χ2n) is 6.92. The van der Waals surface area contributed by atoms with E-state index in [0.29, 0.717) is 18.0 Å². The smallest absolute Gasteiger partial charge is 0.251 e. The first-order chi connectivity index (χ1) is 10.6. The predicted molar refractivity (Wildman–Crippen MR) is 86.1 cm³/mol. The van der Waals surface area contributed by atoms with Crippen molar-refractivity contribution in [3.8, 4) is 0 Å². The van der Waals surface area contributed by atoms with Crippen molar-refractivity contribution in [1.82, 2.24) is 10.6 Å². The lowest BCUT2D eigenvalue weighted by atomic mass is 9.95. The normalized spacial score (nSPS) is 27.0. The first-order valence-corrected chi connectivity index (χ1v) is 8.20. The Morgan fingerprint density at radius 2 is 2.23 bits per heavy atom. The van der Waals surface area contributed by atoms with Gasteiger partial charge in [0.2, 0.25) is 0 Å².